The van der Waals surface area contributed by atoms with Gasteiger partial charge in [0.05, 0.1) is 23.8 Å². The molecule has 140 valence electrons. The molecule has 8 heteroatoms. The van der Waals surface area contributed by atoms with Gasteiger partial charge < -0.3 is 16.4 Å². The van der Waals surface area contributed by atoms with Crippen LogP contribution in [0.3, 0.4) is 0 Å². The highest BCUT2D eigenvalue weighted by atomic mass is 16.2. The molecule has 8 nitrogen and oxygen atoms in total. The van der Waals surface area contributed by atoms with Crippen molar-refractivity contribution in [2.75, 3.05) is 17.6 Å². The van der Waals surface area contributed by atoms with Gasteiger partial charge in [0.15, 0.2) is 5.82 Å². The van der Waals surface area contributed by atoms with Crippen LogP contribution in [0.15, 0.2) is 55.5 Å². The summed E-state index contributed by atoms with van der Waals surface area (Å²) in [5, 5.41) is 9.86. The average molecular weight is 374 g/mol. The third-order valence-electron chi connectivity index (χ3n) is 4.52. The minimum Gasteiger partial charge on any atom is -0.382 e. The molecule has 2 aromatic heterocycles. The molecule has 0 bridgehead atoms. The second-order valence-corrected chi connectivity index (χ2v) is 6.38. The van der Waals surface area contributed by atoms with Gasteiger partial charge in [-0.2, -0.15) is 0 Å². The highest BCUT2D eigenvalue weighted by Crippen LogP contribution is 2.29. The number of carbonyl (C=O) groups excluding carboxylic acids is 2. The Morgan fingerprint density at radius 2 is 2.14 bits per heavy atom. The van der Waals surface area contributed by atoms with Crippen molar-refractivity contribution >= 4 is 23.3 Å². The molecule has 1 aliphatic heterocycles. The molecule has 1 aromatic carbocycles. The van der Waals surface area contributed by atoms with Crippen molar-refractivity contribution in [1.82, 2.24) is 20.1 Å². The van der Waals surface area contributed by atoms with Crippen LogP contribution in [-0.4, -0.2) is 33.1 Å². The van der Waals surface area contributed by atoms with E-state index in [0.717, 1.165) is 23.1 Å². The summed E-state index contributed by atoms with van der Waals surface area (Å²) in [6.45, 7) is 4.05. The van der Waals surface area contributed by atoms with Gasteiger partial charge in [-0.25, -0.2) is 4.68 Å². The standard InChI is InChI=1S/C20H18N6O2/c1-2-18(27)24-14-8-15(10-22-9-14)26-11-17(19(21)25-26)12-3-4-16-13(7-12)5-6-23-20(16)28/h2-4,7-11H,1,5-6H2,(H2,21,25)(H,23,28)(H,24,27). The van der Waals surface area contributed by atoms with Crippen LogP contribution in [0.4, 0.5) is 11.5 Å². The lowest BCUT2D eigenvalue weighted by atomic mass is 9.96. The minimum absolute atomic E-state index is 0.0547. The molecular formula is C20H18N6O2. The van der Waals surface area contributed by atoms with Gasteiger partial charge >= 0.3 is 0 Å². The predicted molar refractivity (Wildman–Crippen MR) is 106 cm³/mol. The molecule has 3 aromatic rings. The van der Waals surface area contributed by atoms with E-state index in [2.05, 4.69) is 27.3 Å². The Bertz CT molecular complexity index is 1100. The molecule has 0 fully saturated rings. The number of nitrogens with zero attached hydrogens (tertiary/aromatic N) is 3. The molecule has 0 unspecified atom stereocenters. The fourth-order valence-electron chi connectivity index (χ4n) is 3.15. The van der Waals surface area contributed by atoms with E-state index in [0.29, 0.717) is 29.3 Å². The third-order valence-corrected chi connectivity index (χ3v) is 4.52. The van der Waals surface area contributed by atoms with Gasteiger partial charge in [-0.15, -0.1) is 5.10 Å². The van der Waals surface area contributed by atoms with Gasteiger partial charge in [0.25, 0.3) is 5.91 Å². The SMILES string of the molecule is C=CC(=O)Nc1cncc(-n2cc(-c3ccc4c(c3)CCNC4=O)c(N)n2)c1. The fraction of sp³-hybridized carbons (Fsp3) is 0.100. The Labute approximate surface area is 161 Å². The molecule has 0 aliphatic carbocycles. The number of aromatic nitrogens is 3. The van der Waals surface area contributed by atoms with Crippen molar-refractivity contribution in [3.05, 3.63) is 66.6 Å². The fourth-order valence-corrected chi connectivity index (χ4v) is 3.15. The quantitative estimate of drug-likeness (QED) is 0.604. The number of carbonyl (C=O) groups is 2. The van der Waals surface area contributed by atoms with Crippen LogP contribution in [0.5, 0.6) is 0 Å². The number of benzene rings is 1. The van der Waals surface area contributed by atoms with Crippen LogP contribution in [-0.2, 0) is 11.2 Å². The van der Waals surface area contributed by atoms with Crippen LogP contribution in [0.1, 0.15) is 15.9 Å². The Kier molecular flexibility index (Phi) is 4.36. The number of rotatable bonds is 4. The van der Waals surface area contributed by atoms with Gasteiger partial charge in [0.2, 0.25) is 5.91 Å². The summed E-state index contributed by atoms with van der Waals surface area (Å²) in [4.78, 5) is 27.5. The van der Waals surface area contributed by atoms with E-state index in [1.165, 1.54) is 12.3 Å². The van der Waals surface area contributed by atoms with Gasteiger partial charge in [-0.1, -0.05) is 18.7 Å². The van der Waals surface area contributed by atoms with E-state index in [-0.39, 0.29) is 11.8 Å². The molecule has 1 aliphatic rings. The third kappa shape index (κ3) is 3.23. The first-order chi connectivity index (χ1) is 13.5. The second kappa shape index (κ2) is 6.99. The molecular weight excluding hydrogens is 356 g/mol. The molecule has 0 spiro atoms. The van der Waals surface area contributed by atoms with Crippen molar-refractivity contribution in [3.8, 4) is 16.8 Å². The zero-order valence-corrected chi connectivity index (χ0v) is 15.0. The maximum atomic E-state index is 11.9. The summed E-state index contributed by atoms with van der Waals surface area (Å²) >= 11 is 0. The van der Waals surface area contributed by atoms with Crippen molar-refractivity contribution in [1.29, 1.82) is 0 Å². The zero-order valence-electron chi connectivity index (χ0n) is 15.0. The summed E-state index contributed by atoms with van der Waals surface area (Å²) in [7, 11) is 0. The van der Waals surface area contributed by atoms with Crippen molar-refractivity contribution in [2.24, 2.45) is 0 Å². The van der Waals surface area contributed by atoms with Crippen LogP contribution in [0, 0.1) is 0 Å². The van der Waals surface area contributed by atoms with Gasteiger partial charge in [0.1, 0.15) is 0 Å². The molecule has 4 rings (SSSR count). The van der Waals surface area contributed by atoms with Gasteiger partial charge in [0, 0.05) is 23.9 Å². The number of amides is 2. The maximum absolute atomic E-state index is 11.9. The topological polar surface area (TPSA) is 115 Å². The summed E-state index contributed by atoms with van der Waals surface area (Å²) < 4.78 is 1.60. The van der Waals surface area contributed by atoms with E-state index in [9.17, 15) is 9.59 Å². The summed E-state index contributed by atoms with van der Waals surface area (Å²) in [5.74, 6) is -0.0145. The van der Waals surface area contributed by atoms with Crippen molar-refractivity contribution in [2.45, 2.75) is 6.42 Å². The van der Waals surface area contributed by atoms with Crippen molar-refractivity contribution < 1.29 is 9.59 Å². The molecule has 2 amide bonds. The lowest BCUT2D eigenvalue weighted by Gasteiger charge is -2.17. The normalized spacial score (nSPS) is 12.8. The minimum atomic E-state index is -0.322. The highest BCUT2D eigenvalue weighted by Gasteiger charge is 2.18. The van der Waals surface area contributed by atoms with Crippen LogP contribution in [0.25, 0.3) is 16.8 Å². The summed E-state index contributed by atoms with van der Waals surface area (Å²) in [6.07, 6.45) is 6.92. The second-order valence-electron chi connectivity index (χ2n) is 6.38. The lowest BCUT2D eigenvalue weighted by molar-refractivity contribution is -0.111. The number of hydrogen-bond acceptors (Lipinski definition) is 5. The van der Waals surface area contributed by atoms with Crippen LogP contribution in [0.2, 0.25) is 0 Å². The largest absolute Gasteiger partial charge is 0.382 e. The zero-order chi connectivity index (χ0) is 19.7. The Hall–Kier alpha value is -3.94. The number of anilines is 2. The number of nitrogens with two attached hydrogens (primary N) is 1. The molecule has 4 N–H and O–H groups in total. The Balaban J connectivity index is 1.68. The van der Waals surface area contributed by atoms with Gasteiger partial charge in [-0.05, 0) is 35.8 Å². The molecule has 3 heterocycles. The smallest absolute Gasteiger partial charge is 0.251 e. The highest BCUT2D eigenvalue weighted by molar-refractivity contribution is 5.99. The van der Waals surface area contributed by atoms with Crippen molar-refractivity contribution in [3.63, 3.8) is 0 Å². The Morgan fingerprint density at radius 3 is 2.96 bits per heavy atom. The maximum Gasteiger partial charge on any atom is 0.251 e. The number of hydrogen-bond donors (Lipinski definition) is 3. The average Bonchev–Trinajstić information content (AvgIpc) is 3.10. The van der Waals surface area contributed by atoms with E-state index in [1.54, 1.807) is 23.1 Å². The number of nitrogens with one attached hydrogen (secondary N) is 2. The van der Waals surface area contributed by atoms with E-state index in [4.69, 9.17) is 5.73 Å². The van der Waals surface area contributed by atoms with E-state index < -0.39 is 0 Å². The van der Waals surface area contributed by atoms with E-state index >= 15 is 0 Å². The molecule has 0 atom stereocenters. The van der Waals surface area contributed by atoms with Crippen LogP contribution >= 0.6 is 0 Å². The molecule has 0 saturated heterocycles. The monoisotopic (exact) mass is 374 g/mol. The summed E-state index contributed by atoms with van der Waals surface area (Å²) in [6, 6.07) is 7.38. The van der Waals surface area contributed by atoms with Gasteiger partial charge in [-0.3, -0.25) is 14.6 Å². The molecule has 28 heavy (non-hydrogen) atoms. The predicted octanol–water partition coefficient (Wildman–Crippen LogP) is 1.93. The first-order valence-electron chi connectivity index (χ1n) is 8.70. The number of fused-ring (bicyclic) bond motifs is 1. The lowest BCUT2D eigenvalue weighted by Crippen LogP contribution is -2.31. The molecule has 0 saturated carbocycles. The molecule has 0 radical (unpaired) electrons. The van der Waals surface area contributed by atoms with E-state index in [1.807, 2.05) is 18.2 Å². The first kappa shape index (κ1) is 17.5. The summed E-state index contributed by atoms with van der Waals surface area (Å²) in [5.41, 5.74) is 10.6. The first-order valence-corrected chi connectivity index (χ1v) is 8.70. The van der Waals surface area contributed by atoms with Crippen LogP contribution < -0.4 is 16.4 Å². The number of pyridine rings is 1. The Morgan fingerprint density at radius 1 is 1.29 bits per heavy atom. The number of nitrogen functional groups attached to an aromatic ring is 1.